The summed E-state index contributed by atoms with van der Waals surface area (Å²) in [7, 11) is -4.09. The molecule has 11 heteroatoms. The molecular weight excluding hydrogens is 458 g/mol. The Labute approximate surface area is 187 Å². The van der Waals surface area contributed by atoms with E-state index in [1.54, 1.807) is 36.4 Å². The van der Waals surface area contributed by atoms with Crippen molar-refractivity contribution in [2.24, 2.45) is 0 Å². The Bertz CT molecular complexity index is 1300. The standard InChI is InChI=1S/C20H15N3O5S3/c1-11-7-9-13(10-8-11)31(27,28)21-23-19(26)17(30-20(23)29)16-14-5-3-4-6-15(14)22(12(2)24)18(16)25/h3-10,21H,1-2H3/b17-16-. The van der Waals surface area contributed by atoms with Gasteiger partial charge in [-0.15, -0.1) is 4.83 Å². The summed E-state index contributed by atoms with van der Waals surface area (Å²) in [6.07, 6.45) is 0. The zero-order valence-electron chi connectivity index (χ0n) is 16.3. The molecule has 0 radical (unpaired) electrons. The number of hydrogen-bond acceptors (Lipinski definition) is 7. The minimum Gasteiger partial charge on any atom is -0.274 e. The number of para-hydroxylation sites is 1. The molecule has 4 rings (SSSR count). The van der Waals surface area contributed by atoms with Crippen molar-refractivity contribution in [2.75, 3.05) is 4.90 Å². The molecule has 3 amide bonds. The quantitative estimate of drug-likeness (QED) is 0.539. The maximum Gasteiger partial charge on any atom is 0.282 e. The number of hydrogen-bond donors (Lipinski definition) is 1. The van der Waals surface area contributed by atoms with E-state index in [0.29, 0.717) is 11.3 Å². The minimum atomic E-state index is -4.09. The zero-order chi connectivity index (χ0) is 22.5. The first-order valence-electron chi connectivity index (χ1n) is 8.96. The molecule has 2 aliphatic rings. The lowest BCUT2D eigenvalue weighted by atomic mass is 10.1. The first kappa shape index (κ1) is 21.4. The summed E-state index contributed by atoms with van der Waals surface area (Å²) in [5.41, 5.74) is 1.66. The van der Waals surface area contributed by atoms with E-state index in [-0.39, 0.29) is 19.7 Å². The van der Waals surface area contributed by atoms with Crippen LogP contribution in [0.2, 0.25) is 0 Å². The van der Waals surface area contributed by atoms with Crippen LogP contribution in [0.15, 0.2) is 58.3 Å². The zero-order valence-corrected chi connectivity index (χ0v) is 18.7. The summed E-state index contributed by atoms with van der Waals surface area (Å²) in [5, 5.41) is 0.726. The maximum absolute atomic E-state index is 13.1. The summed E-state index contributed by atoms with van der Waals surface area (Å²) in [6.45, 7) is 3.07. The summed E-state index contributed by atoms with van der Waals surface area (Å²) >= 11 is 6.00. The van der Waals surface area contributed by atoms with Crippen LogP contribution in [0.3, 0.4) is 0 Å². The number of carbonyl (C=O) groups is 3. The Morgan fingerprint density at radius 1 is 1.03 bits per heavy atom. The molecule has 1 N–H and O–H groups in total. The van der Waals surface area contributed by atoms with Gasteiger partial charge in [0.05, 0.1) is 21.1 Å². The van der Waals surface area contributed by atoms with Crippen molar-refractivity contribution in [3.05, 3.63) is 64.6 Å². The summed E-state index contributed by atoms with van der Waals surface area (Å²) < 4.78 is 25.4. The van der Waals surface area contributed by atoms with E-state index in [2.05, 4.69) is 4.83 Å². The van der Waals surface area contributed by atoms with E-state index in [4.69, 9.17) is 12.2 Å². The monoisotopic (exact) mass is 473 g/mol. The number of sulfonamides is 1. The second kappa shape index (κ2) is 7.68. The third kappa shape index (κ3) is 3.59. The van der Waals surface area contributed by atoms with Gasteiger partial charge in [0.25, 0.3) is 21.8 Å². The van der Waals surface area contributed by atoms with Crippen LogP contribution in [0.4, 0.5) is 5.69 Å². The lowest BCUT2D eigenvalue weighted by Crippen LogP contribution is -2.44. The van der Waals surface area contributed by atoms with E-state index >= 15 is 0 Å². The molecule has 0 atom stereocenters. The van der Waals surface area contributed by atoms with Gasteiger partial charge in [0.15, 0.2) is 4.32 Å². The highest BCUT2D eigenvalue weighted by atomic mass is 32.2. The second-order valence-corrected chi connectivity index (χ2v) is 10.1. The molecule has 1 fully saturated rings. The number of thioether (sulfide) groups is 1. The molecule has 0 aliphatic carbocycles. The third-order valence-electron chi connectivity index (χ3n) is 4.69. The maximum atomic E-state index is 13.1. The van der Waals surface area contributed by atoms with Crippen molar-refractivity contribution in [3.8, 4) is 0 Å². The lowest BCUT2D eigenvalue weighted by Gasteiger charge is -2.16. The number of anilines is 1. The molecule has 2 aliphatic heterocycles. The smallest absolute Gasteiger partial charge is 0.274 e. The predicted molar refractivity (Wildman–Crippen MR) is 120 cm³/mol. The number of nitrogens with one attached hydrogen (secondary N) is 1. The molecule has 0 spiro atoms. The van der Waals surface area contributed by atoms with E-state index in [0.717, 1.165) is 27.2 Å². The molecule has 1 saturated heterocycles. The fourth-order valence-corrected chi connectivity index (χ4v) is 5.62. The van der Waals surface area contributed by atoms with Crippen LogP contribution in [-0.2, 0) is 24.4 Å². The molecule has 0 saturated carbocycles. The predicted octanol–water partition coefficient (Wildman–Crippen LogP) is 2.35. The number of rotatable bonds is 3. The Hall–Kier alpha value is -2.86. The average Bonchev–Trinajstić information content (AvgIpc) is 3.15. The van der Waals surface area contributed by atoms with Crippen LogP contribution >= 0.6 is 24.0 Å². The fourth-order valence-electron chi connectivity index (χ4n) is 3.24. The van der Waals surface area contributed by atoms with Crippen molar-refractivity contribution >= 4 is 67.3 Å². The minimum absolute atomic E-state index is 0.0141. The highest BCUT2D eigenvalue weighted by Gasteiger charge is 2.44. The Morgan fingerprint density at radius 2 is 1.68 bits per heavy atom. The van der Waals surface area contributed by atoms with Gasteiger partial charge < -0.3 is 0 Å². The van der Waals surface area contributed by atoms with Gasteiger partial charge in [0, 0.05) is 12.5 Å². The third-order valence-corrected chi connectivity index (χ3v) is 7.37. The van der Waals surface area contributed by atoms with Gasteiger partial charge in [-0.25, -0.2) is 18.3 Å². The summed E-state index contributed by atoms with van der Waals surface area (Å²) in [6, 6.07) is 12.7. The van der Waals surface area contributed by atoms with E-state index in [9.17, 15) is 22.8 Å². The van der Waals surface area contributed by atoms with Crippen molar-refractivity contribution < 1.29 is 22.8 Å². The van der Waals surface area contributed by atoms with Gasteiger partial charge in [0.2, 0.25) is 5.91 Å². The van der Waals surface area contributed by atoms with Crippen molar-refractivity contribution in [2.45, 2.75) is 18.7 Å². The van der Waals surface area contributed by atoms with Crippen LogP contribution in [0.5, 0.6) is 0 Å². The van der Waals surface area contributed by atoms with Crippen molar-refractivity contribution in [3.63, 3.8) is 0 Å². The molecule has 0 aromatic heterocycles. The Morgan fingerprint density at radius 3 is 2.32 bits per heavy atom. The Balaban J connectivity index is 1.73. The van der Waals surface area contributed by atoms with Gasteiger partial charge in [0.1, 0.15) is 0 Å². The molecule has 0 unspecified atom stereocenters. The highest BCUT2D eigenvalue weighted by molar-refractivity contribution is 8.26. The van der Waals surface area contributed by atoms with Crippen LogP contribution in [0, 0.1) is 6.92 Å². The van der Waals surface area contributed by atoms with Crippen LogP contribution in [-0.4, -0.2) is 35.5 Å². The Kier molecular flexibility index (Phi) is 5.30. The molecule has 2 aromatic rings. The summed E-state index contributed by atoms with van der Waals surface area (Å²) in [5.74, 6) is -1.94. The SMILES string of the molecule is CC(=O)N1C(=O)/C(=C2\SC(=S)N(NS(=O)(=O)c3ccc(C)cc3)C2=O)c2ccccc21. The van der Waals surface area contributed by atoms with E-state index in [1.165, 1.54) is 19.1 Å². The molecule has 0 bridgehead atoms. The summed E-state index contributed by atoms with van der Waals surface area (Å²) in [4.78, 5) is 41.1. The lowest BCUT2D eigenvalue weighted by molar-refractivity contribution is -0.124. The van der Waals surface area contributed by atoms with E-state index < -0.39 is 27.7 Å². The van der Waals surface area contributed by atoms with Gasteiger partial charge in [-0.2, -0.15) is 0 Å². The number of hydrazine groups is 1. The normalized spacial score (nSPS) is 18.7. The molecule has 31 heavy (non-hydrogen) atoms. The highest BCUT2D eigenvalue weighted by Crippen LogP contribution is 2.44. The molecule has 2 aromatic carbocycles. The largest absolute Gasteiger partial charge is 0.282 e. The van der Waals surface area contributed by atoms with E-state index in [1.807, 2.05) is 6.92 Å². The van der Waals surface area contributed by atoms with Gasteiger partial charge in [-0.1, -0.05) is 59.9 Å². The van der Waals surface area contributed by atoms with Gasteiger partial charge >= 0.3 is 0 Å². The average molecular weight is 474 g/mol. The number of amides is 3. The molecular formula is C20H15N3O5S3. The van der Waals surface area contributed by atoms with Crippen LogP contribution in [0.1, 0.15) is 18.1 Å². The number of aryl methyl sites for hydroxylation is 1. The first-order valence-corrected chi connectivity index (χ1v) is 11.7. The number of benzene rings is 2. The number of carbonyl (C=O) groups excluding carboxylic acids is 3. The van der Waals surface area contributed by atoms with Crippen LogP contribution < -0.4 is 9.73 Å². The van der Waals surface area contributed by atoms with Crippen molar-refractivity contribution in [1.82, 2.24) is 9.84 Å². The van der Waals surface area contributed by atoms with Crippen LogP contribution in [0.25, 0.3) is 5.57 Å². The number of nitrogens with zero attached hydrogens (tertiary/aromatic N) is 2. The van der Waals surface area contributed by atoms with Gasteiger partial charge in [-0.05, 0) is 25.1 Å². The number of fused-ring (bicyclic) bond motifs is 1. The number of thiocarbonyl (C=S) groups is 1. The van der Waals surface area contributed by atoms with Gasteiger partial charge in [-0.3, -0.25) is 14.4 Å². The molecule has 2 heterocycles. The number of imide groups is 1. The topological polar surface area (TPSA) is 104 Å². The fraction of sp³-hybridized carbons (Fsp3) is 0.100. The first-order chi connectivity index (χ1) is 14.6. The van der Waals surface area contributed by atoms with Crippen molar-refractivity contribution in [1.29, 1.82) is 0 Å². The molecule has 8 nitrogen and oxygen atoms in total. The second-order valence-electron chi connectivity index (χ2n) is 6.80. The molecule has 158 valence electrons.